The quantitative estimate of drug-likeness (QED) is 0.406. The zero-order valence-electron chi connectivity index (χ0n) is 20.7. The van der Waals surface area contributed by atoms with Gasteiger partial charge in [0.2, 0.25) is 5.91 Å². The molecule has 0 bridgehead atoms. The Morgan fingerprint density at radius 3 is 2.73 bits per heavy atom. The molecule has 0 atom stereocenters. The van der Waals surface area contributed by atoms with Gasteiger partial charge < -0.3 is 14.8 Å². The summed E-state index contributed by atoms with van der Waals surface area (Å²) < 4.78 is 26.2. The van der Waals surface area contributed by atoms with Crippen LogP contribution in [0.1, 0.15) is 20.3 Å². The molecule has 3 aromatic rings. The van der Waals surface area contributed by atoms with E-state index in [2.05, 4.69) is 20.2 Å². The number of nitrogens with one attached hydrogen (secondary N) is 1. The Morgan fingerprint density at radius 2 is 2.03 bits per heavy atom. The molecule has 200 valence electrons. The number of halogens is 3. The molecule has 0 radical (unpaired) electrons. The van der Waals surface area contributed by atoms with E-state index in [1.54, 1.807) is 6.07 Å². The van der Waals surface area contributed by atoms with Gasteiger partial charge in [-0.2, -0.15) is 0 Å². The predicted molar refractivity (Wildman–Crippen MR) is 142 cm³/mol. The van der Waals surface area contributed by atoms with Crippen molar-refractivity contribution < 1.29 is 18.7 Å². The minimum absolute atomic E-state index is 0. The minimum Gasteiger partial charge on any atom is -0.492 e. The van der Waals surface area contributed by atoms with Crippen molar-refractivity contribution in [3.05, 3.63) is 51.7 Å². The summed E-state index contributed by atoms with van der Waals surface area (Å²) in [5.41, 5.74) is 0.125. The topological polar surface area (TPSA) is 98.6 Å². The largest absolute Gasteiger partial charge is 0.492 e. The van der Waals surface area contributed by atoms with Crippen LogP contribution >= 0.6 is 24.0 Å². The van der Waals surface area contributed by atoms with Crippen molar-refractivity contribution in [3.8, 4) is 17.1 Å². The Balaban J connectivity index is 0.00000380. The lowest BCUT2D eigenvalue weighted by Gasteiger charge is -2.26. The summed E-state index contributed by atoms with van der Waals surface area (Å²) in [6, 6.07) is 5.49. The molecule has 0 spiro atoms. The van der Waals surface area contributed by atoms with Gasteiger partial charge in [-0.05, 0) is 44.5 Å². The fraction of sp³-hybridized carbons (Fsp3) is 0.440. The van der Waals surface area contributed by atoms with Gasteiger partial charge in [-0.3, -0.25) is 19.1 Å². The zero-order valence-corrected chi connectivity index (χ0v) is 22.3. The lowest BCUT2D eigenvalue weighted by Crippen LogP contribution is -2.37. The van der Waals surface area contributed by atoms with Crippen molar-refractivity contribution >= 4 is 40.9 Å². The average molecular weight is 554 g/mol. The summed E-state index contributed by atoms with van der Waals surface area (Å²) in [5.74, 6) is -0.341. The highest BCUT2D eigenvalue weighted by atomic mass is 35.5. The van der Waals surface area contributed by atoms with Crippen LogP contribution in [0.25, 0.3) is 22.4 Å². The number of pyridine rings is 1. The van der Waals surface area contributed by atoms with Gasteiger partial charge in [-0.1, -0.05) is 11.6 Å². The van der Waals surface area contributed by atoms with E-state index in [1.807, 2.05) is 13.8 Å². The number of morpholine rings is 1. The van der Waals surface area contributed by atoms with Crippen molar-refractivity contribution in [2.75, 3.05) is 39.5 Å². The lowest BCUT2D eigenvalue weighted by atomic mass is 10.2. The molecule has 1 fully saturated rings. The number of benzene rings is 1. The maximum Gasteiger partial charge on any atom is 0.263 e. The smallest absolute Gasteiger partial charge is 0.263 e. The van der Waals surface area contributed by atoms with Crippen LogP contribution in [-0.4, -0.2) is 70.8 Å². The van der Waals surface area contributed by atoms with Gasteiger partial charge in [-0.25, -0.2) is 14.4 Å². The third kappa shape index (κ3) is 7.38. The second kappa shape index (κ2) is 13.1. The maximum atomic E-state index is 13.8. The van der Waals surface area contributed by atoms with Crippen molar-refractivity contribution in [1.29, 1.82) is 0 Å². The molecule has 0 unspecified atom stereocenters. The van der Waals surface area contributed by atoms with E-state index < -0.39 is 11.4 Å². The van der Waals surface area contributed by atoms with E-state index in [0.717, 1.165) is 39.3 Å². The molecule has 0 saturated carbocycles. The number of hydrogen-bond acceptors (Lipinski definition) is 7. The normalized spacial score (nSPS) is 14.0. The molecule has 1 aromatic carbocycles. The van der Waals surface area contributed by atoms with Crippen LogP contribution < -0.4 is 15.6 Å². The van der Waals surface area contributed by atoms with Gasteiger partial charge in [0.15, 0.2) is 5.65 Å². The standard InChI is InChI=1S/C25H29ClFN5O4.ClH/c1-16(2)29-22(33)15-32-24(17-4-5-21(27)20(26)12-17)30-23-19(25(32)34)13-18(14-28-23)36-9-3-6-31-7-10-35-11-8-31;/h4-5,12-14,16H,3,6-11,15H2,1-2H3,(H,29,33);1H. The predicted octanol–water partition coefficient (Wildman–Crippen LogP) is 3.30. The monoisotopic (exact) mass is 553 g/mol. The van der Waals surface area contributed by atoms with Gasteiger partial charge in [0.1, 0.15) is 23.9 Å². The Labute approximate surface area is 225 Å². The Bertz CT molecular complexity index is 1300. The van der Waals surface area contributed by atoms with Crippen LogP contribution in [0.2, 0.25) is 5.02 Å². The molecule has 1 aliphatic rings. The number of aromatic nitrogens is 3. The maximum absolute atomic E-state index is 13.8. The first-order valence-electron chi connectivity index (χ1n) is 11.9. The average Bonchev–Trinajstić information content (AvgIpc) is 2.85. The second-order valence-electron chi connectivity index (χ2n) is 8.88. The highest BCUT2D eigenvalue weighted by Crippen LogP contribution is 2.25. The van der Waals surface area contributed by atoms with E-state index in [-0.39, 0.29) is 52.8 Å². The Hall–Kier alpha value is -2.79. The number of carbonyl (C=O) groups is 1. The first-order chi connectivity index (χ1) is 17.3. The van der Waals surface area contributed by atoms with Gasteiger partial charge in [-0.15, -0.1) is 12.4 Å². The summed E-state index contributed by atoms with van der Waals surface area (Å²) in [5, 5.41) is 2.87. The van der Waals surface area contributed by atoms with Crippen molar-refractivity contribution in [3.63, 3.8) is 0 Å². The van der Waals surface area contributed by atoms with E-state index in [1.165, 1.54) is 29.0 Å². The Kier molecular flexibility index (Phi) is 10.2. The lowest BCUT2D eigenvalue weighted by molar-refractivity contribution is -0.122. The van der Waals surface area contributed by atoms with Gasteiger partial charge in [0, 0.05) is 31.2 Å². The molecule has 3 heterocycles. The highest BCUT2D eigenvalue weighted by molar-refractivity contribution is 6.31. The molecule has 0 aliphatic carbocycles. The number of nitrogens with zero attached hydrogens (tertiary/aromatic N) is 4. The van der Waals surface area contributed by atoms with Crippen molar-refractivity contribution in [2.45, 2.75) is 32.9 Å². The number of rotatable bonds is 9. The number of fused-ring (bicyclic) bond motifs is 1. The SMILES string of the molecule is CC(C)NC(=O)Cn1c(-c2ccc(F)c(Cl)c2)nc2ncc(OCCCN3CCOCC3)cc2c1=O.Cl. The van der Waals surface area contributed by atoms with Crippen molar-refractivity contribution in [1.82, 2.24) is 24.8 Å². The van der Waals surface area contributed by atoms with Crippen LogP contribution in [0.4, 0.5) is 4.39 Å². The second-order valence-corrected chi connectivity index (χ2v) is 9.28. The molecular formula is C25H30Cl2FN5O4. The first-order valence-corrected chi connectivity index (χ1v) is 12.3. The van der Waals surface area contributed by atoms with E-state index in [9.17, 15) is 14.0 Å². The third-order valence-corrected chi connectivity index (χ3v) is 5.99. The first kappa shape index (κ1) is 28.8. The highest BCUT2D eigenvalue weighted by Gasteiger charge is 2.18. The molecule has 9 nitrogen and oxygen atoms in total. The molecule has 37 heavy (non-hydrogen) atoms. The molecular weight excluding hydrogens is 524 g/mol. The molecule has 4 rings (SSSR count). The fourth-order valence-corrected chi connectivity index (χ4v) is 4.16. The van der Waals surface area contributed by atoms with Crippen molar-refractivity contribution in [2.24, 2.45) is 0 Å². The summed E-state index contributed by atoms with van der Waals surface area (Å²) in [7, 11) is 0. The van der Waals surface area contributed by atoms with Crippen LogP contribution in [0.15, 0.2) is 35.3 Å². The van der Waals surface area contributed by atoms with Crippen LogP contribution in [0.5, 0.6) is 5.75 Å². The van der Waals surface area contributed by atoms with Crippen LogP contribution in [-0.2, 0) is 16.1 Å². The Morgan fingerprint density at radius 1 is 1.27 bits per heavy atom. The molecule has 1 saturated heterocycles. The van der Waals surface area contributed by atoms with Gasteiger partial charge >= 0.3 is 0 Å². The number of amides is 1. The molecule has 2 aromatic heterocycles. The molecule has 12 heteroatoms. The summed E-state index contributed by atoms with van der Waals surface area (Å²) >= 11 is 5.97. The van der Waals surface area contributed by atoms with Crippen LogP contribution in [0, 0.1) is 5.82 Å². The van der Waals surface area contributed by atoms with E-state index in [4.69, 9.17) is 21.1 Å². The van der Waals surface area contributed by atoms with Gasteiger partial charge in [0.05, 0.1) is 36.4 Å². The molecule has 1 amide bonds. The molecule has 1 N–H and O–H groups in total. The van der Waals surface area contributed by atoms with E-state index in [0.29, 0.717) is 17.9 Å². The summed E-state index contributed by atoms with van der Waals surface area (Å²) in [4.78, 5) is 37.2. The van der Waals surface area contributed by atoms with Gasteiger partial charge in [0.25, 0.3) is 5.56 Å². The fourth-order valence-electron chi connectivity index (χ4n) is 3.98. The number of ether oxygens (including phenoxy) is 2. The number of carbonyl (C=O) groups excluding carboxylic acids is 1. The molecule has 1 aliphatic heterocycles. The minimum atomic E-state index is -0.596. The van der Waals surface area contributed by atoms with E-state index >= 15 is 0 Å². The number of hydrogen-bond donors (Lipinski definition) is 1. The zero-order chi connectivity index (χ0) is 25.7. The third-order valence-electron chi connectivity index (χ3n) is 5.70. The summed E-state index contributed by atoms with van der Waals surface area (Å²) in [6.07, 6.45) is 2.33. The van der Waals surface area contributed by atoms with Crippen LogP contribution in [0.3, 0.4) is 0 Å². The summed E-state index contributed by atoms with van der Waals surface area (Å²) in [6.45, 7) is 8.06.